The Morgan fingerprint density at radius 1 is 1.12 bits per heavy atom. The van der Waals surface area contributed by atoms with Gasteiger partial charge in [-0.15, -0.1) is 0 Å². The molecule has 8 heteroatoms. The number of carbonyl (C=O) groups excluding carboxylic acids is 2. The minimum Gasteiger partial charge on any atom is -0.489 e. The summed E-state index contributed by atoms with van der Waals surface area (Å²) in [6.07, 6.45) is -0.869. The normalized spacial score (nSPS) is 16.7. The van der Waals surface area contributed by atoms with Crippen LogP contribution in [0.15, 0.2) is 65.2 Å². The quantitative estimate of drug-likeness (QED) is 0.639. The van der Waals surface area contributed by atoms with Gasteiger partial charge in [-0.25, -0.2) is 0 Å². The highest BCUT2D eigenvalue weighted by molar-refractivity contribution is 5.96. The summed E-state index contributed by atoms with van der Waals surface area (Å²) in [5.74, 6) is 0.420. The van der Waals surface area contributed by atoms with E-state index in [0.717, 1.165) is 5.56 Å². The SMILES string of the molecule is Cc1onc(C(=O)N2CC(=O)N(Cc3ccccc3)CC(O)C2)c1COc1ccccc1. The lowest BCUT2D eigenvalue weighted by molar-refractivity contribution is -0.131. The van der Waals surface area contributed by atoms with Crippen LogP contribution in [0.4, 0.5) is 0 Å². The van der Waals surface area contributed by atoms with Gasteiger partial charge in [0.2, 0.25) is 5.91 Å². The largest absolute Gasteiger partial charge is 0.489 e. The van der Waals surface area contributed by atoms with E-state index >= 15 is 0 Å². The number of carbonyl (C=O) groups is 2. The molecule has 2 aromatic carbocycles. The number of aliphatic hydroxyl groups excluding tert-OH is 1. The number of ether oxygens (including phenoxy) is 1. The van der Waals surface area contributed by atoms with E-state index in [-0.39, 0.29) is 37.8 Å². The molecular formula is C24H25N3O5. The van der Waals surface area contributed by atoms with Crippen LogP contribution < -0.4 is 4.74 Å². The van der Waals surface area contributed by atoms with Crippen molar-refractivity contribution in [3.05, 3.63) is 83.2 Å². The standard InChI is InChI=1S/C24H25N3O5/c1-17-21(16-31-20-10-6-3-7-11-20)23(25-32-17)24(30)27-14-19(28)13-26(22(29)15-27)12-18-8-4-2-5-9-18/h2-11,19,28H,12-16H2,1H3. The van der Waals surface area contributed by atoms with Crippen molar-refractivity contribution in [2.45, 2.75) is 26.2 Å². The number of para-hydroxylation sites is 1. The maximum atomic E-state index is 13.2. The van der Waals surface area contributed by atoms with Crippen molar-refractivity contribution in [1.29, 1.82) is 0 Å². The van der Waals surface area contributed by atoms with Gasteiger partial charge in [0.1, 0.15) is 24.7 Å². The van der Waals surface area contributed by atoms with Crippen molar-refractivity contribution in [2.75, 3.05) is 19.6 Å². The Balaban J connectivity index is 1.48. The van der Waals surface area contributed by atoms with Crippen LogP contribution in [0, 0.1) is 6.92 Å². The molecule has 1 unspecified atom stereocenters. The van der Waals surface area contributed by atoms with Crippen LogP contribution in [0.2, 0.25) is 0 Å². The fourth-order valence-corrected chi connectivity index (χ4v) is 3.66. The lowest BCUT2D eigenvalue weighted by Crippen LogP contribution is -2.40. The summed E-state index contributed by atoms with van der Waals surface area (Å²) in [6.45, 7) is 2.22. The van der Waals surface area contributed by atoms with Crippen LogP contribution in [0.3, 0.4) is 0 Å². The summed E-state index contributed by atoms with van der Waals surface area (Å²) >= 11 is 0. The van der Waals surface area contributed by atoms with Crippen molar-refractivity contribution >= 4 is 11.8 Å². The Morgan fingerprint density at radius 2 is 1.81 bits per heavy atom. The Hall–Kier alpha value is -3.65. The van der Waals surface area contributed by atoms with Gasteiger partial charge in [-0.05, 0) is 24.6 Å². The van der Waals surface area contributed by atoms with Crippen molar-refractivity contribution in [3.8, 4) is 5.75 Å². The molecule has 0 saturated carbocycles. The molecule has 1 saturated heterocycles. The van der Waals surface area contributed by atoms with Gasteiger partial charge in [0.05, 0.1) is 11.7 Å². The number of amides is 2. The summed E-state index contributed by atoms with van der Waals surface area (Å²) in [4.78, 5) is 29.0. The number of benzene rings is 2. The van der Waals surface area contributed by atoms with Crippen LogP contribution in [-0.4, -0.2) is 57.6 Å². The molecule has 1 aromatic heterocycles. The van der Waals surface area contributed by atoms with Gasteiger partial charge >= 0.3 is 0 Å². The lowest BCUT2D eigenvalue weighted by Gasteiger charge is -2.21. The van der Waals surface area contributed by atoms with E-state index in [0.29, 0.717) is 23.6 Å². The maximum absolute atomic E-state index is 13.2. The molecule has 2 heterocycles. The van der Waals surface area contributed by atoms with Crippen molar-refractivity contribution in [3.63, 3.8) is 0 Å². The van der Waals surface area contributed by atoms with E-state index < -0.39 is 12.0 Å². The van der Waals surface area contributed by atoms with Gasteiger partial charge < -0.3 is 24.2 Å². The molecule has 1 aliphatic rings. The van der Waals surface area contributed by atoms with Crippen LogP contribution in [0.25, 0.3) is 0 Å². The molecule has 1 N–H and O–H groups in total. The van der Waals surface area contributed by atoms with Crippen molar-refractivity contribution < 1.29 is 24.0 Å². The smallest absolute Gasteiger partial charge is 0.277 e. The number of rotatable bonds is 6. The van der Waals surface area contributed by atoms with Crippen LogP contribution >= 0.6 is 0 Å². The fourth-order valence-electron chi connectivity index (χ4n) is 3.66. The van der Waals surface area contributed by atoms with E-state index in [2.05, 4.69) is 5.16 Å². The summed E-state index contributed by atoms with van der Waals surface area (Å²) in [6, 6.07) is 18.8. The summed E-state index contributed by atoms with van der Waals surface area (Å²) in [5.41, 5.74) is 1.57. The zero-order chi connectivity index (χ0) is 22.5. The Bertz CT molecular complexity index is 1070. The first-order valence-electron chi connectivity index (χ1n) is 10.4. The molecule has 32 heavy (non-hydrogen) atoms. The van der Waals surface area contributed by atoms with Crippen molar-refractivity contribution in [2.24, 2.45) is 0 Å². The molecule has 1 fully saturated rings. The molecule has 2 amide bonds. The third-order valence-electron chi connectivity index (χ3n) is 5.36. The fraction of sp³-hybridized carbons (Fsp3) is 0.292. The molecule has 166 valence electrons. The molecule has 4 rings (SSSR count). The number of β-amino-alcohol motifs (C(OH)–C–C–N with tert-alkyl or cyclic N) is 1. The second-order valence-electron chi connectivity index (χ2n) is 7.77. The Kier molecular flexibility index (Phi) is 6.51. The highest BCUT2D eigenvalue weighted by Gasteiger charge is 2.33. The summed E-state index contributed by atoms with van der Waals surface area (Å²) < 4.78 is 11.0. The first-order valence-corrected chi connectivity index (χ1v) is 10.4. The van der Waals surface area contributed by atoms with E-state index in [1.54, 1.807) is 11.8 Å². The molecule has 1 atom stereocenters. The average Bonchev–Trinajstić information content (AvgIpc) is 3.10. The molecule has 8 nitrogen and oxygen atoms in total. The number of aromatic nitrogens is 1. The number of hydrogen-bond acceptors (Lipinski definition) is 6. The first kappa shape index (κ1) is 21.6. The molecule has 0 bridgehead atoms. The van der Waals surface area contributed by atoms with E-state index in [9.17, 15) is 14.7 Å². The van der Waals surface area contributed by atoms with E-state index in [1.165, 1.54) is 4.90 Å². The molecule has 0 aliphatic carbocycles. The third kappa shape index (κ3) is 4.97. The molecule has 0 spiro atoms. The second kappa shape index (κ2) is 9.65. The number of nitrogens with zero attached hydrogens (tertiary/aromatic N) is 3. The van der Waals surface area contributed by atoms with Crippen molar-refractivity contribution in [1.82, 2.24) is 15.0 Å². The monoisotopic (exact) mass is 435 g/mol. The second-order valence-corrected chi connectivity index (χ2v) is 7.77. The number of aliphatic hydroxyl groups is 1. The Morgan fingerprint density at radius 3 is 2.53 bits per heavy atom. The zero-order valence-corrected chi connectivity index (χ0v) is 17.8. The van der Waals surface area contributed by atoms with Crippen LogP contribution in [0.5, 0.6) is 5.75 Å². The minimum atomic E-state index is -0.869. The molecular weight excluding hydrogens is 410 g/mol. The molecule has 0 radical (unpaired) electrons. The van der Waals surface area contributed by atoms with Crippen LogP contribution in [0.1, 0.15) is 27.4 Å². The van der Waals surface area contributed by atoms with Gasteiger partial charge in [0.15, 0.2) is 5.69 Å². The zero-order valence-electron chi connectivity index (χ0n) is 17.8. The highest BCUT2D eigenvalue weighted by atomic mass is 16.5. The highest BCUT2D eigenvalue weighted by Crippen LogP contribution is 2.20. The Labute approximate surface area is 186 Å². The van der Waals surface area contributed by atoms with Crippen LogP contribution in [-0.2, 0) is 17.9 Å². The lowest BCUT2D eigenvalue weighted by atomic mass is 10.2. The third-order valence-corrected chi connectivity index (χ3v) is 5.36. The molecule has 3 aromatic rings. The summed E-state index contributed by atoms with van der Waals surface area (Å²) in [5, 5.41) is 14.4. The summed E-state index contributed by atoms with van der Waals surface area (Å²) in [7, 11) is 0. The maximum Gasteiger partial charge on any atom is 0.277 e. The van der Waals surface area contributed by atoms with E-state index in [1.807, 2.05) is 60.7 Å². The number of hydrogen-bond donors (Lipinski definition) is 1. The van der Waals surface area contributed by atoms with Gasteiger partial charge in [-0.3, -0.25) is 9.59 Å². The van der Waals surface area contributed by atoms with Gasteiger partial charge in [-0.1, -0.05) is 53.7 Å². The van der Waals surface area contributed by atoms with Gasteiger partial charge in [0.25, 0.3) is 5.91 Å². The van der Waals surface area contributed by atoms with E-state index in [4.69, 9.17) is 9.26 Å². The first-order chi connectivity index (χ1) is 15.5. The molecule has 1 aliphatic heterocycles. The average molecular weight is 435 g/mol. The predicted molar refractivity (Wildman–Crippen MR) is 116 cm³/mol. The topological polar surface area (TPSA) is 96.1 Å². The minimum absolute atomic E-state index is 0.0285. The number of aryl methyl sites for hydroxylation is 1. The van der Waals surface area contributed by atoms with Gasteiger partial charge in [0, 0.05) is 19.6 Å². The predicted octanol–water partition coefficient (Wildman–Crippen LogP) is 2.41. The van der Waals surface area contributed by atoms with Gasteiger partial charge in [-0.2, -0.15) is 0 Å².